The first kappa shape index (κ1) is 20.5. The van der Waals surface area contributed by atoms with Gasteiger partial charge in [0.1, 0.15) is 5.60 Å². The molecule has 0 aliphatic carbocycles. The zero-order valence-electron chi connectivity index (χ0n) is 17.4. The maximum absolute atomic E-state index is 11.8. The Balaban J connectivity index is 1.76. The number of fused-ring (bicyclic) bond motifs is 1. The summed E-state index contributed by atoms with van der Waals surface area (Å²) in [4.78, 5) is 25.3. The Morgan fingerprint density at radius 1 is 1.10 bits per heavy atom. The Morgan fingerprint density at radius 2 is 1.90 bits per heavy atom. The first-order chi connectivity index (χ1) is 13.7. The van der Waals surface area contributed by atoms with Gasteiger partial charge in [0, 0.05) is 29.4 Å². The number of carbonyl (C=O) groups excluding carboxylic acids is 1. The third-order valence-electron chi connectivity index (χ3n) is 3.83. The minimum atomic E-state index is -0.541. The highest BCUT2D eigenvalue weighted by Crippen LogP contribution is 2.22. The molecular weight excluding hydrogens is 368 g/mol. The molecule has 152 valence electrons. The SMILES string of the molecule is CC(C)Oc1ccc(-c2ccc3cnc(CNC(=O)OC(C)(C)C)cc3n2)cn1. The number of pyridine rings is 3. The molecule has 3 aromatic heterocycles. The van der Waals surface area contributed by atoms with Crippen molar-refractivity contribution in [2.75, 3.05) is 0 Å². The van der Waals surface area contributed by atoms with E-state index in [4.69, 9.17) is 14.5 Å². The summed E-state index contributed by atoms with van der Waals surface area (Å²) in [5.41, 5.74) is 2.65. The van der Waals surface area contributed by atoms with Gasteiger partial charge in [0.25, 0.3) is 0 Å². The van der Waals surface area contributed by atoms with E-state index in [9.17, 15) is 4.79 Å². The minimum Gasteiger partial charge on any atom is -0.475 e. The summed E-state index contributed by atoms with van der Waals surface area (Å²) in [5.74, 6) is 0.587. The van der Waals surface area contributed by atoms with E-state index in [0.717, 1.165) is 22.2 Å². The molecule has 0 atom stereocenters. The Morgan fingerprint density at radius 3 is 2.55 bits per heavy atom. The van der Waals surface area contributed by atoms with E-state index in [1.807, 2.05) is 65.0 Å². The van der Waals surface area contributed by atoms with E-state index < -0.39 is 11.7 Å². The Labute approximate surface area is 170 Å². The number of nitrogens with zero attached hydrogens (tertiary/aromatic N) is 3. The first-order valence-corrected chi connectivity index (χ1v) is 9.55. The van der Waals surface area contributed by atoms with Gasteiger partial charge in [-0.1, -0.05) is 0 Å². The molecule has 29 heavy (non-hydrogen) atoms. The second-order valence-corrected chi connectivity index (χ2v) is 7.97. The molecule has 7 nitrogen and oxygen atoms in total. The second-order valence-electron chi connectivity index (χ2n) is 7.97. The third-order valence-corrected chi connectivity index (χ3v) is 3.83. The fourth-order valence-corrected chi connectivity index (χ4v) is 2.64. The predicted octanol–water partition coefficient (Wildman–Crippen LogP) is 4.50. The maximum Gasteiger partial charge on any atom is 0.407 e. The molecule has 1 N–H and O–H groups in total. The molecule has 3 heterocycles. The van der Waals surface area contributed by atoms with Crippen molar-refractivity contribution in [3.63, 3.8) is 0 Å². The van der Waals surface area contributed by atoms with Crippen LogP contribution in [0.1, 0.15) is 40.3 Å². The van der Waals surface area contributed by atoms with E-state index in [-0.39, 0.29) is 12.6 Å². The molecule has 3 rings (SSSR count). The lowest BCUT2D eigenvalue weighted by molar-refractivity contribution is 0.0523. The van der Waals surface area contributed by atoms with Gasteiger partial charge >= 0.3 is 6.09 Å². The van der Waals surface area contributed by atoms with Crippen LogP contribution in [0.4, 0.5) is 4.79 Å². The highest BCUT2D eigenvalue weighted by Gasteiger charge is 2.16. The van der Waals surface area contributed by atoms with Gasteiger partial charge in [-0.15, -0.1) is 0 Å². The second kappa shape index (κ2) is 8.43. The number of rotatable bonds is 5. The van der Waals surface area contributed by atoms with Gasteiger partial charge in [0.05, 0.1) is 29.6 Å². The molecule has 0 unspecified atom stereocenters. The number of alkyl carbamates (subject to hydrolysis) is 1. The van der Waals surface area contributed by atoms with Gasteiger partial charge in [0.2, 0.25) is 5.88 Å². The summed E-state index contributed by atoms with van der Waals surface area (Å²) in [6.45, 7) is 9.65. The van der Waals surface area contributed by atoms with Gasteiger partial charge in [-0.2, -0.15) is 0 Å². The largest absolute Gasteiger partial charge is 0.475 e. The molecule has 0 saturated heterocycles. The molecular formula is C22H26N4O3. The molecule has 3 aromatic rings. The molecule has 0 aliphatic rings. The van der Waals surface area contributed by atoms with Crippen LogP contribution in [0.15, 0.2) is 42.7 Å². The topological polar surface area (TPSA) is 86.2 Å². The summed E-state index contributed by atoms with van der Waals surface area (Å²) in [6, 6.07) is 9.53. The lowest BCUT2D eigenvalue weighted by atomic mass is 10.1. The first-order valence-electron chi connectivity index (χ1n) is 9.55. The molecule has 0 aromatic carbocycles. The van der Waals surface area contributed by atoms with Crippen LogP contribution in [0.5, 0.6) is 5.88 Å². The van der Waals surface area contributed by atoms with Crippen molar-refractivity contribution in [3.8, 4) is 17.1 Å². The number of ether oxygens (including phenoxy) is 2. The van der Waals surface area contributed by atoms with Crippen LogP contribution in [-0.4, -0.2) is 32.8 Å². The smallest absolute Gasteiger partial charge is 0.407 e. The zero-order chi connectivity index (χ0) is 21.0. The van der Waals surface area contributed by atoms with E-state index >= 15 is 0 Å². The van der Waals surface area contributed by atoms with Crippen LogP contribution in [0.25, 0.3) is 22.2 Å². The van der Waals surface area contributed by atoms with Crippen molar-refractivity contribution in [2.45, 2.75) is 52.9 Å². The van der Waals surface area contributed by atoms with Crippen molar-refractivity contribution in [1.29, 1.82) is 0 Å². The molecule has 0 aliphatic heterocycles. The quantitative estimate of drug-likeness (QED) is 0.685. The summed E-state index contributed by atoms with van der Waals surface area (Å²) >= 11 is 0. The number of hydrogen-bond donors (Lipinski definition) is 1. The zero-order valence-corrected chi connectivity index (χ0v) is 17.4. The van der Waals surface area contributed by atoms with Gasteiger partial charge in [-0.05, 0) is 58.9 Å². The monoisotopic (exact) mass is 394 g/mol. The van der Waals surface area contributed by atoms with Crippen LogP contribution in [0, 0.1) is 0 Å². The molecule has 0 saturated carbocycles. The average molecular weight is 394 g/mol. The number of nitrogens with one attached hydrogen (secondary N) is 1. The van der Waals surface area contributed by atoms with Crippen LogP contribution < -0.4 is 10.1 Å². The highest BCUT2D eigenvalue weighted by molar-refractivity contribution is 5.81. The maximum atomic E-state index is 11.8. The van der Waals surface area contributed by atoms with Crippen molar-refractivity contribution in [2.24, 2.45) is 0 Å². The van der Waals surface area contributed by atoms with Crippen molar-refractivity contribution in [3.05, 3.63) is 48.4 Å². The molecule has 1 amide bonds. The minimum absolute atomic E-state index is 0.0763. The lowest BCUT2D eigenvalue weighted by Gasteiger charge is -2.19. The summed E-state index contributed by atoms with van der Waals surface area (Å²) < 4.78 is 10.8. The van der Waals surface area contributed by atoms with E-state index in [2.05, 4.69) is 15.3 Å². The van der Waals surface area contributed by atoms with Gasteiger partial charge in [-0.25, -0.2) is 14.8 Å². The molecule has 0 radical (unpaired) electrons. The van der Waals surface area contributed by atoms with Gasteiger partial charge in [0.15, 0.2) is 0 Å². The summed E-state index contributed by atoms with van der Waals surface area (Å²) in [5, 5.41) is 3.63. The van der Waals surface area contributed by atoms with Crippen LogP contribution in [0.2, 0.25) is 0 Å². The average Bonchev–Trinajstić information content (AvgIpc) is 2.64. The van der Waals surface area contributed by atoms with Crippen LogP contribution in [0.3, 0.4) is 0 Å². The van der Waals surface area contributed by atoms with Gasteiger partial charge < -0.3 is 14.8 Å². The van der Waals surface area contributed by atoms with Crippen molar-refractivity contribution >= 4 is 17.0 Å². The van der Waals surface area contributed by atoms with E-state index in [0.29, 0.717) is 11.6 Å². The van der Waals surface area contributed by atoms with Crippen molar-refractivity contribution < 1.29 is 14.3 Å². The molecule has 7 heteroatoms. The normalized spacial score (nSPS) is 11.5. The Bertz CT molecular complexity index is 995. The molecule has 0 bridgehead atoms. The molecule has 0 fully saturated rings. The summed E-state index contributed by atoms with van der Waals surface area (Å²) in [6.07, 6.45) is 3.09. The fraction of sp³-hybridized carbons (Fsp3) is 0.364. The van der Waals surface area contributed by atoms with Crippen molar-refractivity contribution in [1.82, 2.24) is 20.3 Å². The number of aromatic nitrogens is 3. The third kappa shape index (κ3) is 5.88. The van der Waals surface area contributed by atoms with E-state index in [1.54, 1.807) is 12.4 Å². The molecule has 0 spiro atoms. The number of carbonyl (C=O) groups is 1. The lowest BCUT2D eigenvalue weighted by Crippen LogP contribution is -2.32. The Kier molecular flexibility index (Phi) is 5.96. The summed E-state index contributed by atoms with van der Waals surface area (Å²) in [7, 11) is 0. The number of amides is 1. The standard InChI is InChI=1S/C22H26N4O3/c1-14(2)28-20-9-7-15(12-24-20)18-8-6-16-11-23-17(10-19(16)26-18)13-25-21(27)29-22(3,4)5/h6-12,14H,13H2,1-5H3,(H,25,27). The van der Waals surface area contributed by atoms with Gasteiger partial charge in [-0.3, -0.25) is 4.98 Å². The van der Waals surface area contributed by atoms with E-state index in [1.165, 1.54) is 0 Å². The van der Waals surface area contributed by atoms with Crippen LogP contribution >= 0.6 is 0 Å². The number of hydrogen-bond acceptors (Lipinski definition) is 6. The Hall–Kier alpha value is -3.22. The highest BCUT2D eigenvalue weighted by atomic mass is 16.6. The predicted molar refractivity (Wildman–Crippen MR) is 112 cm³/mol. The fourth-order valence-electron chi connectivity index (χ4n) is 2.64. The van der Waals surface area contributed by atoms with Crippen LogP contribution in [-0.2, 0) is 11.3 Å².